The van der Waals surface area contributed by atoms with Gasteiger partial charge in [-0.15, -0.1) is 0 Å². The molecular weight excluding hydrogens is 556 g/mol. The molecule has 0 aromatic heterocycles. The van der Waals surface area contributed by atoms with Gasteiger partial charge in [0, 0.05) is 12.2 Å². The van der Waals surface area contributed by atoms with Crippen LogP contribution in [0.3, 0.4) is 0 Å². The lowest BCUT2D eigenvalue weighted by Gasteiger charge is -2.26. The van der Waals surface area contributed by atoms with Crippen LogP contribution >= 0.6 is 0 Å². The zero-order valence-electron chi connectivity index (χ0n) is 25.5. The summed E-state index contributed by atoms with van der Waals surface area (Å²) < 4.78 is 0. The van der Waals surface area contributed by atoms with Gasteiger partial charge >= 0.3 is 0 Å². The zero-order valence-corrected chi connectivity index (χ0v) is 25.5. The van der Waals surface area contributed by atoms with E-state index in [0.717, 1.165) is 17.1 Å². The van der Waals surface area contributed by atoms with E-state index in [1.54, 1.807) is 0 Å². The van der Waals surface area contributed by atoms with Gasteiger partial charge in [-0.3, -0.25) is 4.99 Å². The quantitative estimate of drug-likeness (QED) is 0.134. The SMILES string of the molecule is C=Nc1ccccc1N(Cc1ccc(-c2c3ccccc3c(-c3ccc4ccccc4c3)c3ccccc23)cc1)c1ccccc1. The molecule has 46 heavy (non-hydrogen) atoms. The number of rotatable bonds is 7. The molecule has 0 aliphatic heterocycles. The van der Waals surface area contributed by atoms with E-state index in [1.165, 1.54) is 60.1 Å². The number of hydrogen-bond donors (Lipinski definition) is 0. The summed E-state index contributed by atoms with van der Waals surface area (Å²) in [6.07, 6.45) is 0. The molecule has 0 unspecified atom stereocenters. The molecule has 0 saturated heterocycles. The molecule has 0 heterocycles. The number of hydrogen-bond acceptors (Lipinski definition) is 2. The molecule has 2 heteroatoms. The van der Waals surface area contributed by atoms with Gasteiger partial charge in [-0.1, -0.05) is 140 Å². The Morgan fingerprint density at radius 2 is 0.978 bits per heavy atom. The maximum absolute atomic E-state index is 4.32. The fraction of sp³-hybridized carbons (Fsp3) is 0.0227. The fourth-order valence-corrected chi connectivity index (χ4v) is 6.80. The molecule has 0 N–H and O–H groups in total. The van der Waals surface area contributed by atoms with Gasteiger partial charge in [-0.05, 0) is 97.2 Å². The molecule has 218 valence electrons. The molecule has 0 saturated carbocycles. The van der Waals surface area contributed by atoms with Crippen LogP contribution in [0.2, 0.25) is 0 Å². The lowest BCUT2D eigenvalue weighted by atomic mass is 9.85. The highest BCUT2D eigenvalue weighted by Crippen LogP contribution is 2.44. The first-order valence-electron chi connectivity index (χ1n) is 15.7. The summed E-state index contributed by atoms with van der Waals surface area (Å²) in [5.74, 6) is 0. The molecule has 8 aromatic carbocycles. The Hall–Kier alpha value is -5.99. The van der Waals surface area contributed by atoms with Gasteiger partial charge in [-0.2, -0.15) is 0 Å². The van der Waals surface area contributed by atoms with Gasteiger partial charge < -0.3 is 4.90 Å². The minimum Gasteiger partial charge on any atom is -0.335 e. The van der Waals surface area contributed by atoms with Crippen LogP contribution in [0.1, 0.15) is 5.56 Å². The van der Waals surface area contributed by atoms with Crippen molar-refractivity contribution in [2.24, 2.45) is 4.99 Å². The van der Waals surface area contributed by atoms with E-state index >= 15 is 0 Å². The van der Waals surface area contributed by atoms with Crippen LogP contribution < -0.4 is 4.90 Å². The molecule has 0 bridgehead atoms. The third-order valence-corrected chi connectivity index (χ3v) is 8.96. The molecule has 0 radical (unpaired) electrons. The summed E-state index contributed by atoms with van der Waals surface area (Å²) in [6, 6.07) is 60.9. The first kappa shape index (κ1) is 27.6. The van der Waals surface area contributed by atoms with Crippen LogP contribution in [-0.2, 0) is 6.54 Å². The number of anilines is 2. The summed E-state index contributed by atoms with van der Waals surface area (Å²) in [5.41, 5.74) is 9.23. The number of fused-ring (bicyclic) bond motifs is 3. The van der Waals surface area contributed by atoms with Crippen molar-refractivity contribution in [1.82, 2.24) is 0 Å². The van der Waals surface area contributed by atoms with Crippen LogP contribution in [0.25, 0.3) is 54.6 Å². The van der Waals surface area contributed by atoms with E-state index in [1.807, 2.05) is 18.2 Å². The molecule has 8 aromatic rings. The summed E-state index contributed by atoms with van der Waals surface area (Å²) in [7, 11) is 0. The third kappa shape index (κ3) is 4.91. The van der Waals surface area contributed by atoms with Gasteiger partial charge in [0.2, 0.25) is 0 Å². The van der Waals surface area contributed by atoms with Crippen molar-refractivity contribution >= 4 is 56.1 Å². The van der Waals surface area contributed by atoms with E-state index in [0.29, 0.717) is 6.54 Å². The molecule has 0 spiro atoms. The minimum atomic E-state index is 0.708. The predicted molar refractivity (Wildman–Crippen MR) is 198 cm³/mol. The van der Waals surface area contributed by atoms with Gasteiger partial charge in [0.05, 0.1) is 11.4 Å². The lowest BCUT2D eigenvalue weighted by Crippen LogP contribution is -2.16. The van der Waals surface area contributed by atoms with Crippen LogP contribution in [0, 0.1) is 0 Å². The topological polar surface area (TPSA) is 15.6 Å². The molecular formula is C44H32N2. The molecule has 2 nitrogen and oxygen atoms in total. The Balaban J connectivity index is 1.25. The van der Waals surface area contributed by atoms with Crippen LogP contribution in [-0.4, -0.2) is 6.72 Å². The van der Waals surface area contributed by atoms with Gasteiger partial charge in [-0.25, -0.2) is 0 Å². The second kappa shape index (κ2) is 11.8. The van der Waals surface area contributed by atoms with Crippen molar-refractivity contribution in [3.8, 4) is 22.3 Å². The normalized spacial score (nSPS) is 11.2. The molecule has 0 fully saturated rings. The lowest BCUT2D eigenvalue weighted by molar-refractivity contribution is 0.975. The highest BCUT2D eigenvalue weighted by molar-refractivity contribution is 6.21. The average molecular weight is 589 g/mol. The fourth-order valence-electron chi connectivity index (χ4n) is 6.80. The Labute approximate surface area is 269 Å². The smallest absolute Gasteiger partial charge is 0.0859 e. The summed E-state index contributed by atoms with van der Waals surface area (Å²) in [6.45, 7) is 4.54. The molecule has 8 rings (SSSR count). The highest BCUT2D eigenvalue weighted by atomic mass is 15.1. The summed E-state index contributed by atoms with van der Waals surface area (Å²) in [5, 5.41) is 7.55. The van der Waals surface area contributed by atoms with Crippen molar-refractivity contribution < 1.29 is 0 Å². The van der Waals surface area contributed by atoms with Gasteiger partial charge in [0.15, 0.2) is 0 Å². The van der Waals surface area contributed by atoms with Crippen molar-refractivity contribution in [2.45, 2.75) is 6.54 Å². The molecule has 0 atom stereocenters. The van der Waals surface area contributed by atoms with Crippen LogP contribution in [0.15, 0.2) is 175 Å². The van der Waals surface area contributed by atoms with Crippen LogP contribution in [0.5, 0.6) is 0 Å². The maximum Gasteiger partial charge on any atom is 0.0859 e. The van der Waals surface area contributed by atoms with Crippen LogP contribution in [0.4, 0.5) is 17.1 Å². The number of benzene rings is 8. The second-order valence-electron chi connectivity index (χ2n) is 11.7. The Kier molecular flexibility index (Phi) is 7.09. The first-order chi connectivity index (χ1) is 22.8. The monoisotopic (exact) mass is 588 g/mol. The summed E-state index contributed by atoms with van der Waals surface area (Å²) >= 11 is 0. The Morgan fingerprint density at radius 1 is 0.457 bits per heavy atom. The molecule has 0 aliphatic rings. The van der Waals surface area contributed by atoms with E-state index in [2.05, 4.69) is 168 Å². The Bertz CT molecular complexity index is 2300. The largest absolute Gasteiger partial charge is 0.335 e. The predicted octanol–water partition coefficient (Wildman–Crippen LogP) is 12.2. The number of para-hydroxylation sites is 3. The maximum atomic E-state index is 4.32. The first-order valence-corrected chi connectivity index (χ1v) is 15.7. The van der Waals surface area contributed by atoms with E-state index < -0.39 is 0 Å². The van der Waals surface area contributed by atoms with Crippen molar-refractivity contribution in [1.29, 1.82) is 0 Å². The van der Waals surface area contributed by atoms with Gasteiger partial charge in [0.1, 0.15) is 0 Å². The standard InChI is InChI=1S/C44H32N2/c1-45-41-21-11-12-22-42(41)46(36-15-3-2-4-16-36)30-31-23-25-33(26-24-31)43-37-17-7-9-19-39(37)44(40-20-10-8-18-38(40)43)35-28-27-32-13-5-6-14-34(32)29-35/h2-29H,1,30H2. The van der Waals surface area contributed by atoms with E-state index in [4.69, 9.17) is 0 Å². The third-order valence-electron chi connectivity index (χ3n) is 8.96. The van der Waals surface area contributed by atoms with E-state index in [-0.39, 0.29) is 0 Å². The minimum absolute atomic E-state index is 0.708. The summed E-state index contributed by atoms with van der Waals surface area (Å²) in [4.78, 5) is 6.63. The Morgan fingerprint density at radius 3 is 1.63 bits per heavy atom. The van der Waals surface area contributed by atoms with Crippen molar-refractivity contribution in [3.05, 3.63) is 175 Å². The second-order valence-corrected chi connectivity index (χ2v) is 11.7. The highest BCUT2D eigenvalue weighted by Gasteiger charge is 2.18. The average Bonchev–Trinajstić information content (AvgIpc) is 3.13. The van der Waals surface area contributed by atoms with Crippen molar-refractivity contribution in [3.63, 3.8) is 0 Å². The zero-order chi connectivity index (χ0) is 30.9. The number of aliphatic imine (C=N–C) groups is 1. The molecule has 0 amide bonds. The van der Waals surface area contributed by atoms with E-state index in [9.17, 15) is 0 Å². The van der Waals surface area contributed by atoms with Gasteiger partial charge in [0.25, 0.3) is 0 Å². The number of nitrogens with zero attached hydrogens (tertiary/aromatic N) is 2. The van der Waals surface area contributed by atoms with Crippen molar-refractivity contribution in [2.75, 3.05) is 4.90 Å². The molecule has 0 aliphatic carbocycles.